The van der Waals surface area contributed by atoms with Gasteiger partial charge in [-0.25, -0.2) is 0 Å². The zero-order valence-corrected chi connectivity index (χ0v) is 17.5. The lowest BCUT2D eigenvalue weighted by molar-refractivity contribution is 0.0999. The number of carbonyl (C=O) groups is 1. The molecule has 0 saturated heterocycles. The minimum absolute atomic E-state index is 0.266. The van der Waals surface area contributed by atoms with Gasteiger partial charge < -0.3 is 14.5 Å². The minimum Gasteiger partial charge on any atom is -0.497 e. The van der Waals surface area contributed by atoms with Crippen LogP contribution in [0.15, 0.2) is 108 Å². The third kappa shape index (κ3) is 3.63. The molecule has 5 rings (SSSR count). The Morgan fingerprint density at radius 1 is 0.781 bits per heavy atom. The van der Waals surface area contributed by atoms with Crippen LogP contribution in [0.25, 0.3) is 33.2 Å². The molecule has 5 aromatic rings. The summed E-state index contributed by atoms with van der Waals surface area (Å²) < 4.78 is 11.4. The van der Waals surface area contributed by atoms with Crippen LogP contribution in [-0.2, 0) is 0 Å². The quantitative estimate of drug-likeness (QED) is 0.333. The van der Waals surface area contributed by atoms with Crippen molar-refractivity contribution in [3.8, 4) is 28.0 Å². The Balaban J connectivity index is 1.61. The molecule has 32 heavy (non-hydrogen) atoms. The van der Waals surface area contributed by atoms with Crippen LogP contribution in [0.4, 0.5) is 5.69 Å². The number of methoxy groups -OCH3 is 1. The fourth-order valence-electron chi connectivity index (χ4n) is 3.90. The maximum Gasteiger partial charge on any atom is 0.292 e. The normalized spacial score (nSPS) is 10.8. The van der Waals surface area contributed by atoms with Crippen molar-refractivity contribution in [2.75, 3.05) is 12.4 Å². The zero-order valence-electron chi connectivity index (χ0n) is 17.5. The number of rotatable bonds is 5. The summed E-state index contributed by atoms with van der Waals surface area (Å²) in [6, 6.07) is 33.1. The number of hydrogen-bond acceptors (Lipinski definition) is 3. The van der Waals surface area contributed by atoms with E-state index in [1.165, 1.54) is 0 Å². The van der Waals surface area contributed by atoms with Crippen molar-refractivity contribution in [1.29, 1.82) is 0 Å². The van der Waals surface area contributed by atoms with Gasteiger partial charge in [-0.15, -0.1) is 0 Å². The first-order valence-electron chi connectivity index (χ1n) is 10.4. The van der Waals surface area contributed by atoms with E-state index in [1.807, 2.05) is 97.1 Å². The molecule has 4 nitrogen and oxygen atoms in total. The van der Waals surface area contributed by atoms with E-state index in [0.29, 0.717) is 11.3 Å². The van der Waals surface area contributed by atoms with E-state index in [0.717, 1.165) is 33.3 Å². The molecule has 0 aliphatic carbocycles. The molecule has 0 atom stereocenters. The van der Waals surface area contributed by atoms with Crippen LogP contribution >= 0.6 is 0 Å². The van der Waals surface area contributed by atoms with Gasteiger partial charge in [-0.3, -0.25) is 4.79 Å². The number of nitrogens with one attached hydrogen (secondary N) is 1. The lowest BCUT2D eigenvalue weighted by Crippen LogP contribution is -2.12. The van der Waals surface area contributed by atoms with E-state index < -0.39 is 0 Å². The number of hydrogen-bond donors (Lipinski definition) is 1. The Morgan fingerprint density at radius 3 is 2.16 bits per heavy atom. The molecule has 1 N–H and O–H groups in total. The van der Waals surface area contributed by atoms with Gasteiger partial charge in [-0.2, -0.15) is 0 Å². The van der Waals surface area contributed by atoms with Gasteiger partial charge in [0, 0.05) is 28.3 Å². The topological polar surface area (TPSA) is 51.5 Å². The molecular weight excluding hydrogens is 398 g/mol. The highest BCUT2D eigenvalue weighted by molar-refractivity contribution is 6.13. The summed E-state index contributed by atoms with van der Waals surface area (Å²) in [5, 5.41) is 3.92. The Morgan fingerprint density at radius 2 is 1.44 bits per heavy atom. The Bertz CT molecular complexity index is 1390. The number of para-hydroxylation sites is 1. The van der Waals surface area contributed by atoms with Crippen LogP contribution < -0.4 is 10.1 Å². The van der Waals surface area contributed by atoms with E-state index in [1.54, 1.807) is 13.2 Å². The second-order valence-electron chi connectivity index (χ2n) is 7.40. The SMILES string of the molecule is COc1ccc2c(-c3ccccc3)c(C(=O)Nc3ccccc3-c3ccccc3)oc2c1. The first kappa shape index (κ1) is 19.6. The van der Waals surface area contributed by atoms with Crippen molar-refractivity contribution < 1.29 is 13.9 Å². The van der Waals surface area contributed by atoms with Gasteiger partial charge in [-0.05, 0) is 29.3 Å². The molecule has 1 amide bonds. The molecule has 0 fully saturated rings. The molecule has 1 aromatic heterocycles. The standard InChI is InChI=1S/C28H21NO3/c1-31-21-16-17-23-25(18-21)32-27(26(23)20-12-6-3-7-13-20)28(30)29-24-15-9-8-14-22(24)19-10-4-2-5-11-19/h2-18H,1H3,(H,29,30). The van der Waals surface area contributed by atoms with Crippen molar-refractivity contribution in [3.05, 3.63) is 109 Å². The van der Waals surface area contributed by atoms with Crippen molar-refractivity contribution in [3.63, 3.8) is 0 Å². The van der Waals surface area contributed by atoms with Gasteiger partial charge in [-0.1, -0.05) is 78.9 Å². The number of amides is 1. The highest BCUT2D eigenvalue weighted by atomic mass is 16.5. The first-order chi connectivity index (χ1) is 15.7. The van der Waals surface area contributed by atoms with Crippen molar-refractivity contribution in [2.45, 2.75) is 0 Å². The van der Waals surface area contributed by atoms with Crippen molar-refractivity contribution in [1.82, 2.24) is 0 Å². The summed E-state index contributed by atoms with van der Waals surface area (Å²) in [5.41, 5.74) is 4.97. The average molecular weight is 419 g/mol. The van der Waals surface area contributed by atoms with Crippen molar-refractivity contribution >= 4 is 22.6 Å². The number of furan rings is 1. The molecule has 156 valence electrons. The molecular formula is C28H21NO3. The van der Waals surface area contributed by atoms with E-state index >= 15 is 0 Å². The van der Waals surface area contributed by atoms with Crippen LogP contribution in [0.3, 0.4) is 0 Å². The summed E-state index contributed by atoms with van der Waals surface area (Å²) in [4.78, 5) is 13.5. The highest BCUT2D eigenvalue weighted by Gasteiger charge is 2.23. The van der Waals surface area contributed by atoms with Gasteiger partial charge in [0.2, 0.25) is 5.76 Å². The molecule has 0 unspecified atom stereocenters. The van der Waals surface area contributed by atoms with Gasteiger partial charge in [0.25, 0.3) is 5.91 Å². The van der Waals surface area contributed by atoms with Gasteiger partial charge in [0.05, 0.1) is 7.11 Å². The summed E-state index contributed by atoms with van der Waals surface area (Å²) >= 11 is 0. The molecule has 4 heteroatoms. The zero-order chi connectivity index (χ0) is 21.9. The van der Waals surface area contributed by atoms with E-state index in [2.05, 4.69) is 5.32 Å². The third-order valence-corrected chi connectivity index (χ3v) is 5.43. The monoisotopic (exact) mass is 419 g/mol. The minimum atomic E-state index is -0.303. The number of fused-ring (bicyclic) bond motifs is 1. The molecule has 0 bridgehead atoms. The Kier molecular flexibility index (Phi) is 5.18. The smallest absolute Gasteiger partial charge is 0.292 e. The number of anilines is 1. The van der Waals surface area contributed by atoms with Crippen LogP contribution in [-0.4, -0.2) is 13.0 Å². The van der Waals surface area contributed by atoms with Crippen LogP contribution in [0.1, 0.15) is 10.6 Å². The van der Waals surface area contributed by atoms with Gasteiger partial charge in [0.15, 0.2) is 0 Å². The average Bonchev–Trinajstić information content (AvgIpc) is 3.24. The third-order valence-electron chi connectivity index (χ3n) is 5.43. The maximum atomic E-state index is 13.5. The number of benzene rings is 4. The predicted octanol–water partition coefficient (Wildman–Crippen LogP) is 7.03. The molecule has 0 aliphatic rings. The Hall–Kier alpha value is -4.31. The van der Waals surface area contributed by atoms with Crippen molar-refractivity contribution in [2.24, 2.45) is 0 Å². The lowest BCUT2D eigenvalue weighted by Gasteiger charge is -2.11. The number of ether oxygens (including phenoxy) is 1. The fraction of sp³-hybridized carbons (Fsp3) is 0.0357. The van der Waals surface area contributed by atoms with Crippen LogP contribution in [0, 0.1) is 0 Å². The molecule has 0 aliphatic heterocycles. The van der Waals surface area contributed by atoms with E-state index in [-0.39, 0.29) is 11.7 Å². The largest absolute Gasteiger partial charge is 0.497 e. The molecule has 0 spiro atoms. The van der Waals surface area contributed by atoms with Gasteiger partial charge in [0.1, 0.15) is 11.3 Å². The second kappa shape index (κ2) is 8.44. The van der Waals surface area contributed by atoms with E-state index in [9.17, 15) is 4.79 Å². The summed E-state index contributed by atoms with van der Waals surface area (Å²) in [6.45, 7) is 0. The molecule has 4 aromatic carbocycles. The maximum absolute atomic E-state index is 13.5. The van der Waals surface area contributed by atoms with Crippen LogP contribution in [0.5, 0.6) is 5.75 Å². The number of carbonyl (C=O) groups excluding carboxylic acids is 1. The second-order valence-corrected chi connectivity index (χ2v) is 7.40. The molecule has 0 radical (unpaired) electrons. The molecule has 0 saturated carbocycles. The van der Waals surface area contributed by atoms with E-state index in [4.69, 9.17) is 9.15 Å². The van der Waals surface area contributed by atoms with Gasteiger partial charge >= 0.3 is 0 Å². The molecule has 1 heterocycles. The summed E-state index contributed by atoms with van der Waals surface area (Å²) in [6.07, 6.45) is 0. The highest BCUT2D eigenvalue weighted by Crippen LogP contribution is 2.37. The first-order valence-corrected chi connectivity index (χ1v) is 10.4. The lowest BCUT2D eigenvalue weighted by atomic mass is 10.0. The fourth-order valence-corrected chi connectivity index (χ4v) is 3.90. The summed E-state index contributed by atoms with van der Waals surface area (Å²) in [5.74, 6) is 0.636. The van der Waals surface area contributed by atoms with Crippen LogP contribution in [0.2, 0.25) is 0 Å². The summed E-state index contributed by atoms with van der Waals surface area (Å²) in [7, 11) is 1.61. The predicted molar refractivity (Wildman–Crippen MR) is 128 cm³/mol. The Labute approximate surface area is 186 Å².